The van der Waals surface area contributed by atoms with Gasteiger partial charge < -0.3 is 20.5 Å². The molecule has 0 aromatic heterocycles. The molecule has 1 aliphatic heterocycles. The fourth-order valence-corrected chi connectivity index (χ4v) is 3.71. The molecule has 0 spiro atoms. The van der Waals surface area contributed by atoms with Gasteiger partial charge in [0.2, 0.25) is 0 Å². The number of ether oxygens (including phenoxy) is 1. The monoisotopic (exact) mass is 460 g/mol. The van der Waals surface area contributed by atoms with E-state index in [1.54, 1.807) is 26.0 Å². The molecule has 0 aliphatic carbocycles. The third kappa shape index (κ3) is 3.92. The van der Waals surface area contributed by atoms with Crippen LogP contribution in [-0.4, -0.2) is 23.2 Å². The molecule has 1 heterocycles. The van der Waals surface area contributed by atoms with Crippen molar-refractivity contribution in [3.8, 4) is 5.75 Å². The van der Waals surface area contributed by atoms with Crippen molar-refractivity contribution in [1.29, 1.82) is 0 Å². The number of aromatic hydroxyl groups is 1. The Hall–Kier alpha value is -1.54. The van der Waals surface area contributed by atoms with Crippen LogP contribution in [0.15, 0.2) is 32.3 Å². The maximum atomic E-state index is 12.6. The van der Waals surface area contributed by atoms with Crippen molar-refractivity contribution >= 4 is 43.9 Å². The van der Waals surface area contributed by atoms with E-state index in [0.29, 0.717) is 26.6 Å². The Balaban J connectivity index is 2.60. The smallest absolute Gasteiger partial charge is 0.338 e. The summed E-state index contributed by atoms with van der Waals surface area (Å²) in [5.74, 6) is -0.578. The summed E-state index contributed by atoms with van der Waals surface area (Å²) in [4.78, 5) is 24.5. The van der Waals surface area contributed by atoms with Crippen LogP contribution in [0.3, 0.4) is 0 Å². The predicted octanol–water partition coefficient (Wildman–Crippen LogP) is 3.89. The zero-order chi connectivity index (χ0) is 18.0. The molecule has 130 valence electrons. The zero-order valence-corrected chi connectivity index (χ0v) is 16.6. The fraction of sp³-hybridized carbons (Fsp3) is 0.375. The molecule has 1 atom stereocenters. The van der Waals surface area contributed by atoms with E-state index >= 15 is 0 Å². The Morgan fingerprint density at radius 2 is 2.04 bits per heavy atom. The minimum Gasteiger partial charge on any atom is -0.506 e. The molecule has 3 N–H and O–H groups in total. The first-order valence-electron chi connectivity index (χ1n) is 7.44. The molecule has 0 fully saturated rings. The van der Waals surface area contributed by atoms with Gasteiger partial charge in [0.05, 0.1) is 22.2 Å². The molecule has 1 aliphatic rings. The van der Waals surface area contributed by atoms with E-state index in [9.17, 15) is 14.7 Å². The van der Waals surface area contributed by atoms with E-state index in [1.165, 1.54) is 0 Å². The molecule has 6 nitrogen and oxygen atoms in total. The van der Waals surface area contributed by atoms with E-state index in [1.807, 2.05) is 6.92 Å². The van der Waals surface area contributed by atoms with Crippen LogP contribution in [0.25, 0.3) is 0 Å². The number of benzene rings is 1. The Morgan fingerprint density at radius 1 is 1.38 bits per heavy atom. The summed E-state index contributed by atoms with van der Waals surface area (Å²) in [7, 11) is 0. The van der Waals surface area contributed by atoms with Gasteiger partial charge in [-0.2, -0.15) is 0 Å². The highest BCUT2D eigenvalue weighted by atomic mass is 79.9. The number of carbonyl (C=O) groups is 2. The van der Waals surface area contributed by atoms with Gasteiger partial charge in [-0.25, -0.2) is 9.59 Å². The fourth-order valence-electron chi connectivity index (χ4n) is 2.45. The van der Waals surface area contributed by atoms with E-state index in [2.05, 4.69) is 42.5 Å². The number of halogens is 2. The summed E-state index contributed by atoms with van der Waals surface area (Å²) in [6, 6.07) is 2.09. The van der Waals surface area contributed by atoms with Gasteiger partial charge >= 0.3 is 12.0 Å². The van der Waals surface area contributed by atoms with Crippen molar-refractivity contribution in [2.24, 2.45) is 0 Å². The highest BCUT2D eigenvalue weighted by Gasteiger charge is 2.35. The normalized spacial score (nSPS) is 17.6. The van der Waals surface area contributed by atoms with Crippen molar-refractivity contribution in [2.75, 3.05) is 0 Å². The van der Waals surface area contributed by atoms with Crippen LogP contribution in [0.2, 0.25) is 0 Å². The van der Waals surface area contributed by atoms with Gasteiger partial charge in [0.1, 0.15) is 5.75 Å². The Labute approximate surface area is 156 Å². The molecule has 1 aromatic rings. The second-order valence-corrected chi connectivity index (χ2v) is 7.33. The second kappa shape index (κ2) is 7.57. The molecule has 8 heteroatoms. The van der Waals surface area contributed by atoms with Gasteiger partial charge in [0, 0.05) is 15.7 Å². The number of amides is 2. The summed E-state index contributed by atoms with van der Waals surface area (Å²) in [6.45, 7) is 5.33. The van der Waals surface area contributed by atoms with Crippen LogP contribution >= 0.6 is 31.9 Å². The number of rotatable bonds is 4. The lowest BCUT2D eigenvalue weighted by molar-refractivity contribution is -0.143. The largest absolute Gasteiger partial charge is 0.506 e. The highest BCUT2D eigenvalue weighted by molar-refractivity contribution is 9.11. The summed E-state index contributed by atoms with van der Waals surface area (Å²) >= 11 is 6.62. The summed E-state index contributed by atoms with van der Waals surface area (Å²) < 4.78 is 6.47. The van der Waals surface area contributed by atoms with Crippen molar-refractivity contribution in [3.63, 3.8) is 0 Å². The van der Waals surface area contributed by atoms with Gasteiger partial charge in [-0.3, -0.25) is 0 Å². The van der Waals surface area contributed by atoms with Crippen LogP contribution in [0.4, 0.5) is 4.79 Å². The van der Waals surface area contributed by atoms with Crippen LogP contribution < -0.4 is 10.6 Å². The standard InChI is InChI=1S/C16H18Br2N2O4/c1-4-11-12(15(22)24-7(2)3)13(20-16(23)19-11)9-5-8(17)6-10(18)14(9)21/h5-7,13,21H,4H2,1-3H3,(H2,19,20,23). The quantitative estimate of drug-likeness (QED) is 0.593. The molecule has 1 aromatic carbocycles. The van der Waals surface area contributed by atoms with Crippen LogP contribution in [-0.2, 0) is 9.53 Å². The van der Waals surface area contributed by atoms with E-state index in [-0.39, 0.29) is 17.4 Å². The number of esters is 1. The second-order valence-electron chi connectivity index (χ2n) is 5.56. The lowest BCUT2D eigenvalue weighted by Gasteiger charge is -2.30. The van der Waals surface area contributed by atoms with Crippen molar-refractivity contribution in [1.82, 2.24) is 10.6 Å². The van der Waals surface area contributed by atoms with Gasteiger partial charge in [0.25, 0.3) is 0 Å². The summed E-state index contributed by atoms with van der Waals surface area (Å²) in [6.07, 6.45) is 0.145. The van der Waals surface area contributed by atoms with Crippen molar-refractivity contribution in [3.05, 3.63) is 37.9 Å². The highest BCUT2D eigenvalue weighted by Crippen LogP contribution is 2.39. The number of allylic oxidation sites excluding steroid dienone is 1. The molecule has 1 unspecified atom stereocenters. The minimum absolute atomic E-state index is 0.0456. The van der Waals surface area contributed by atoms with E-state index in [0.717, 1.165) is 0 Å². The summed E-state index contributed by atoms with van der Waals surface area (Å²) in [5.41, 5.74) is 1.16. The van der Waals surface area contributed by atoms with Crippen molar-refractivity contribution in [2.45, 2.75) is 39.3 Å². The molecule has 0 saturated carbocycles. The summed E-state index contributed by atoms with van der Waals surface area (Å²) in [5, 5.41) is 15.7. The lowest BCUT2D eigenvalue weighted by Crippen LogP contribution is -2.46. The van der Waals surface area contributed by atoms with Crippen LogP contribution in [0.1, 0.15) is 38.8 Å². The number of carbonyl (C=O) groups excluding carboxylic acids is 2. The molecule has 2 amide bonds. The number of urea groups is 1. The third-order valence-electron chi connectivity index (χ3n) is 3.44. The molecule has 2 rings (SSSR count). The first-order valence-corrected chi connectivity index (χ1v) is 9.02. The minimum atomic E-state index is -0.811. The van der Waals surface area contributed by atoms with Crippen LogP contribution in [0.5, 0.6) is 5.75 Å². The molecule has 0 saturated heterocycles. The Bertz CT molecular complexity index is 716. The van der Waals surface area contributed by atoms with Gasteiger partial charge in [-0.1, -0.05) is 22.9 Å². The number of hydrogen-bond donors (Lipinski definition) is 3. The zero-order valence-electron chi connectivity index (χ0n) is 13.4. The Morgan fingerprint density at radius 3 is 2.62 bits per heavy atom. The van der Waals surface area contributed by atoms with Crippen LogP contribution in [0, 0.1) is 0 Å². The maximum absolute atomic E-state index is 12.6. The third-order valence-corrected chi connectivity index (χ3v) is 4.50. The van der Waals surface area contributed by atoms with Gasteiger partial charge in [-0.15, -0.1) is 0 Å². The average Bonchev–Trinajstić information content (AvgIpc) is 2.48. The van der Waals surface area contributed by atoms with Gasteiger partial charge in [0.15, 0.2) is 0 Å². The SMILES string of the molecule is CCC1=C(C(=O)OC(C)C)C(c2cc(Br)cc(Br)c2O)NC(=O)N1. The average molecular weight is 462 g/mol. The van der Waals surface area contributed by atoms with E-state index < -0.39 is 18.0 Å². The molecule has 24 heavy (non-hydrogen) atoms. The first-order chi connectivity index (χ1) is 11.2. The first kappa shape index (κ1) is 18.8. The number of nitrogens with one attached hydrogen (secondary N) is 2. The number of phenolic OH excluding ortho intramolecular Hbond substituents is 1. The number of hydrogen-bond acceptors (Lipinski definition) is 4. The maximum Gasteiger partial charge on any atom is 0.338 e. The predicted molar refractivity (Wildman–Crippen MR) is 96.5 cm³/mol. The lowest BCUT2D eigenvalue weighted by atomic mass is 9.93. The molecule has 0 radical (unpaired) electrons. The number of phenols is 1. The van der Waals surface area contributed by atoms with E-state index in [4.69, 9.17) is 4.74 Å². The molecular weight excluding hydrogens is 444 g/mol. The Kier molecular flexibility index (Phi) is 5.92. The van der Waals surface area contributed by atoms with Gasteiger partial charge in [-0.05, 0) is 48.3 Å². The van der Waals surface area contributed by atoms with Crippen molar-refractivity contribution < 1.29 is 19.4 Å². The topological polar surface area (TPSA) is 87.7 Å². The molecule has 0 bridgehead atoms. The molecular formula is C16H18Br2N2O4.